The normalized spacial score (nSPS) is 18.4. The Hall–Kier alpha value is -2.48. The fourth-order valence-electron chi connectivity index (χ4n) is 3.77. The zero-order chi connectivity index (χ0) is 18.5. The number of carbonyl (C=O) groups excluding carboxylic acids is 1. The number of rotatable bonds is 5. The Balaban J connectivity index is 1.34. The summed E-state index contributed by atoms with van der Waals surface area (Å²) in [5.74, 6) is 0.810. The van der Waals surface area contributed by atoms with Crippen molar-refractivity contribution in [2.24, 2.45) is 0 Å². The van der Waals surface area contributed by atoms with Gasteiger partial charge in [0.05, 0.1) is 12.2 Å². The molecule has 2 fully saturated rings. The van der Waals surface area contributed by atoms with E-state index in [9.17, 15) is 4.79 Å². The van der Waals surface area contributed by atoms with Crippen molar-refractivity contribution in [1.82, 2.24) is 30.6 Å². The van der Waals surface area contributed by atoms with Crippen LogP contribution < -0.4 is 15.5 Å². The molecule has 2 N–H and O–H groups in total. The first-order chi connectivity index (χ1) is 13.3. The van der Waals surface area contributed by atoms with Crippen LogP contribution in [0.2, 0.25) is 0 Å². The summed E-state index contributed by atoms with van der Waals surface area (Å²) < 4.78 is 1.83. The minimum atomic E-state index is -0.188. The summed E-state index contributed by atoms with van der Waals surface area (Å²) in [4.78, 5) is 19.2. The van der Waals surface area contributed by atoms with E-state index in [0.29, 0.717) is 18.3 Å². The number of aromatic nitrogens is 4. The number of carbonyl (C=O) groups is 1. The van der Waals surface area contributed by atoms with E-state index < -0.39 is 0 Å². The third kappa shape index (κ3) is 4.44. The average molecular weight is 369 g/mol. The highest BCUT2D eigenvalue weighted by molar-refractivity contribution is 5.91. The predicted molar refractivity (Wildman–Crippen MR) is 103 cm³/mol. The molecule has 4 heterocycles. The molecule has 0 saturated carbocycles. The first kappa shape index (κ1) is 17.9. The molecule has 0 bridgehead atoms. The number of hydrogen-bond acceptors (Lipinski definition) is 6. The first-order valence-corrected chi connectivity index (χ1v) is 9.90. The monoisotopic (exact) mass is 369 g/mol. The van der Waals surface area contributed by atoms with E-state index in [1.807, 2.05) is 16.9 Å². The van der Waals surface area contributed by atoms with Crippen LogP contribution in [-0.4, -0.2) is 52.1 Å². The Morgan fingerprint density at radius 2 is 2.04 bits per heavy atom. The maximum atomic E-state index is 12.4. The Morgan fingerprint density at radius 3 is 2.85 bits per heavy atom. The maximum Gasteiger partial charge on any atom is 0.273 e. The van der Waals surface area contributed by atoms with Gasteiger partial charge in [0.1, 0.15) is 5.82 Å². The second-order valence-corrected chi connectivity index (χ2v) is 7.32. The van der Waals surface area contributed by atoms with Crippen molar-refractivity contribution in [3.05, 3.63) is 35.8 Å². The number of nitrogens with one attached hydrogen (secondary N) is 2. The van der Waals surface area contributed by atoms with Crippen LogP contribution in [0.1, 0.15) is 54.2 Å². The molecule has 0 unspecified atom stereocenters. The predicted octanol–water partition coefficient (Wildman–Crippen LogP) is 1.52. The second-order valence-electron chi connectivity index (χ2n) is 7.32. The molecule has 8 heteroatoms. The molecule has 2 aromatic rings. The van der Waals surface area contributed by atoms with E-state index in [4.69, 9.17) is 0 Å². The number of hydrogen-bond donors (Lipinski definition) is 2. The van der Waals surface area contributed by atoms with Crippen molar-refractivity contribution in [3.8, 4) is 0 Å². The molecule has 144 valence electrons. The van der Waals surface area contributed by atoms with Gasteiger partial charge >= 0.3 is 0 Å². The zero-order valence-electron chi connectivity index (χ0n) is 15.6. The number of piperidine rings is 2. The zero-order valence-corrected chi connectivity index (χ0v) is 15.6. The van der Waals surface area contributed by atoms with Gasteiger partial charge in [-0.1, -0.05) is 5.21 Å². The van der Waals surface area contributed by atoms with Crippen LogP contribution >= 0.6 is 0 Å². The van der Waals surface area contributed by atoms with E-state index in [0.717, 1.165) is 50.4 Å². The number of nitrogens with zero attached hydrogens (tertiary/aromatic N) is 5. The fourth-order valence-corrected chi connectivity index (χ4v) is 3.77. The molecule has 2 aliphatic heterocycles. The summed E-state index contributed by atoms with van der Waals surface area (Å²) in [5.41, 5.74) is 1.42. The lowest BCUT2D eigenvalue weighted by Crippen LogP contribution is -2.30. The van der Waals surface area contributed by atoms with Gasteiger partial charge in [-0.05, 0) is 62.9 Å². The summed E-state index contributed by atoms with van der Waals surface area (Å²) in [5, 5.41) is 14.5. The molecule has 0 radical (unpaired) electrons. The lowest BCUT2D eigenvalue weighted by Gasteiger charge is -2.27. The fraction of sp³-hybridized carbons (Fsp3) is 0.579. The maximum absolute atomic E-state index is 12.4. The van der Waals surface area contributed by atoms with Crippen LogP contribution in [0, 0.1) is 0 Å². The lowest BCUT2D eigenvalue weighted by atomic mass is 10.1. The number of pyridine rings is 1. The highest BCUT2D eigenvalue weighted by Gasteiger charge is 2.19. The Morgan fingerprint density at radius 1 is 1.22 bits per heavy atom. The van der Waals surface area contributed by atoms with Crippen molar-refractivity contribution in [1.29, 1.82) is 0 Å². The summed E-state index contributed by atoms with van der Waals surface area (Å²) in [6.07, 6.45) is 9.34. The highest BCUT2D eigenvalue weighted by atomic mass is 16.2. The molecular weight excluding hydrogens is 342 g/mol. The van der Waals surface area contributed by atoms with Gasteiger partial charge in [-0.3, -0.25) is 4.79 Å². The topological polar surface area (TPSA) is 88.0 Å². The van der Waals surface area contributed by atoms with Gasteiger partial charge in [-0.2, -0.15) is 0 Å². The Bertz CT molecular complexity index is 763. The SMILES string of the molecule is O=C(NCc1ccnc(N2CCCCC2)c1)c1cn(C2CCNCC2)nn1. The van der Waals surface area contributed by atoms with E-state index >= 15 is 0 Å². The van der Waals surface area contributed by atoms with E-state index in [-0.39, 0.29) is 5.91 Å². The molecule has 2 aliphatic rings. The minimum Gasteiger partial charge on any atom is -0.357 e. The second kappa shape index (κ2) is 8.47. The van der Waals surface area contributed by atoms with E-state index in [2.05, 4.69) is 36.9 Å². The Labute approximate surface area is 159 Å². The quantitative estimate of drug-likeness (QED) is 0.831. The van der Waals surface area contributed by atoms with Gasteiger partial charge in [0.25, 0.3) is 5.91 Å². The molecule has 27 heavy (non-hydrogen) atoms. The van der Waals surface area contributed by atoms with Gasteiger partial charge < -0.3 is 15.5 Å². The van der Waals surface area contributed by atoms with E-state index in [1.165, 1.54) is 19.3 Å². The van der Waals surface area contributed by atoms with Crippen molar-refractivity contribution < 1.29 is 4.79 Å². The largest absolute Gasteiger partial charge is 0.357 e. The first-order valence-electron chi connectivity index (χ1n) is 9.90. The molecule has 8 nitrogen and oxygen atoms in total. The summed E-state index contributed by atoms with van der Waals surface area (Å²) in [6.45, 7) is 4.54. The van der Waals surface area contributed by atoms with Crippen molar-refractivity contribution in [3.63, 3.8) is 0 Å². The minimum absolute atomic E-state index is 0.188. The van der Waals surface area contributed by atoms with Crippen molar-refractivity contribution >= 4 is 11.7 Å². The standard InChI is InChI=1S/C19H27N7O/c27-19(17-14-26(24-23-17)16-5-7-20-8-6-16)22-13-15-4-9-21-18(12-15)25-10-2-1-3-11-25/h4,9,12,14,16,20H,1-3,5-8,10-11,13H2,(H,22,27). The van der Waals surface area contributed by atoms with Crippen LogP contribution in [0.4, 0.5) is 5.82 Å². The summed E-state index contributed by atoms with van der Waals surface area (Å²) in [6, 6.07) is 4.34. The highest BCUT2D eigenvalue weighted by Crippen LogP contribution is 2.19. The molecule has 0 atom stereocenters. The summed E-state index contributed by atoms with van der Waals surface area (Å²) in [7, 11) is 0. The van der Waals surface area contributed by atoms with Crippen LogP contribution in [0.25, 0.3) is 0 Å². The van der Waals surface area contributed by atoms with Crippen molar-refractivity contribution in [2.45, 2.75) is 44.7 Å². The molecule has 4 rings (SSSR count). The van der Waals surface area contributed by atoms with Crippen LogP contribution in [0.15, 0.2) is 24.5 Å². The van der Waals surface area contributed by atoms with Crippen LogP contribution in [0.3, 0.4) is 0 Å². The Kier molecular flexibility index (Phi) is 5.62. The van der Waals surface area contributed by atoms with Gasteiger partial charge in [0.15, 0.2) is 5.69 Å². The molecule has 0 aromatic carbocycles. The van der Waals surface area contributed by atoms with Crippen molar-refractivity contribution in [2.75, 3.05) is 31.1 Å². The van der Waals surface area contributed by atoms with Gasteiger partial charge in [-0.25, -0.2) is 9.67 Å². The number of amides is 1. The molecule has 2 aromatic heterocycles. The molecule has 2 saturated heterocycles. The van der Waals surface area contributed by atoms with Crippen LogP contribution in [0.5, 0.6) is 0 Å². The smallest absolute Gasteiger partial charge is 0.273 e. The number of anilines is 1. The van der Waals surface area contributed by atoms with Crippen LogP contribution in [-0.2, 0) is 6.54 Å². The summed E-state index contributed by atoms with van der Waals surface area (Å²) >= 11 is 0. The molecular formula is C19H27N7O. The molecule has 0 aliphatic carbocycles. The van der Waals surface area contributed by atoms with E-state index in [1.54, 1.807) is 6.20 Å². The van der Waals surface area contributed by atoms with Gasteiger partial charge in [0, 0.05) is 25.8 Å². The third-order valence-corrected chi connectivity index (χ3v) is 5.37. The third-order valence-electron chi connectivity index (χ3n) is 5.37. The molecule has 0 spiro atoms. The average Bonchev–Trinajstić information content (AvgIpc) is 3.24. The van der Waals surface area contributed by atoms with Gasteiger partial charge in [0.2, 0.25) is 0 Å². The molecule has 1 amide bonds. The lowest BCUT2D eigenvalue weighted by molar-refractivity contribution is 0.0946. The van der Waals surface area contributed by atoms with Gasteiger partial charge in [-0.15, -0.1) is 5.10 Å².